The van der Waals surface area contributed by atoms with Crippen LogP contribution in [-0.2, 0) is 22.4 Å². The molecule has 1 N–H and O–H groups in total. The monoisotopic (exact) mass is 361 g/mol. The van der Waals surface area contributed by atoms with E-state index in [-0.39, 0.29) is 11.7 Å². The zero-order valence-corrected chi connectivity index (χ0v) is 15.6. The molecule has 0 radical (unpaired) electrons. The lowest BCUT2D eigenvalue weighted by molar-refractivity contribution is -0.125. The number of ether oxygens (including phenoxy) is 1. The maximum atomic E-state index is 13.0. The van der Waals surface area contributed by atoms with E-state index in [2.05, 4.69) is 12.2 Å². The molecule has 2 atom stereocenters. The van der Waals surface area contributed by atoms with Crippen molar-refractivity contribution in [3.63, 3.8) is 0 Å². The summed E-state index contributed by atoms with van der Waals surface area (Å²) in [6.45, 7) is 4.11. The highest BCUT2D eigenvalue weighted by molar-refractivity contribution is 7.17. The van der Waals surface area contributed by atoms with Crippen LogP contribution in [-0.4, -0.2) is 24.9 Å². The van der Waals surface area contributed by atoms with Gasteiger partial charge in [-0.2, -0.15) is 0 Å². The molecule has 1 aliphatic carbocycles. The third kappa shape index (κ3) is 3.55. The van der Waals surface area contributed by atoms with Crippen LogP contribution in [0.1, 0.15) is 53.2 Å². The molecule has 2 aromatic heterocycles. The van der Waals surface area contributed by atoms with Crippen LogP contribution in [0.4, 0.5) is 5.00 Å². The second-order valence-electron chi connectivity index (χ2n) is 6.48. The Morgan fingerprint density at radius 2 is 2.28 bits per heavy atom. The van der Waals surface area contributed by atoms with E-state index in [9.17, 15) is 9.59 Å². The smallest absolute Gasteiger partial charge is 0.254 e. The third-order valence-corrected chi connectivity index (χ3v) is 5.84. The summed E-state index contributed by atoms with van der Waals surface area (Å²) in [5, 5.41) is 3.53. The van der Waals surface area contributed by atoms with Crippen molar-refractivity contribution in [2.24, 2.45) is 5.92 Å². The van der Waals surface area contributed by atoms with E-state index in [0.717, 1.165) is 24.8 Å². The minimum Gasteiger partial charge on any atom is -0.461 e. The number of hydrogen-bond acceptors (Lipinski definition) is 5. The summed E-state index contributed by atoms with van der Waals surface area (Å²) in [4.78, 5) is 26.6. The molecule has 2 heterocycles. The summed E-state index contributed by atoms with van der Waals surface area (Å²) in [5.41, 5.74) is 1.64. The molecule has 6 heteroatoms. The lowest BCUT2D eigenvalue weighted by Crippen LogP contribution is -2.29. The first kappa shape index (κ1) is 17.9. The van der Waals surface area contributed by atoms with E-state index in [1.165, 1.54) is 29.6 Å². The van der Waals surface area contributed by atoms with E-state index >= 15 is 0 Å². The molecular weight excluding hydrogens is 338 g/mol. The lowest BCUT2D eigenvalue weighted by Gasteiger charge is -2.18. The Kier molecular flexibility index (Phi) is 5.39. The minimum absolute atomic E-state index is 0.169. The second-order valence-corrected chi connectivity index (χ2v) is 7.59. The van der Waals surface area contributed by atoms with E-state index in [0.29, 0.717) is 28.7 Å². The molecule has 25 heavy (non-hydrogen) atoms. The summed E-state index contributed by atoms with van der Waals surface area (Å²) in [7, 11) is 1.52. The van der Waals surface area contributed by atoms with Crippen molar-refractivity contribution in [2.75, 3.05) is 12.4 Å². The highest BCUT2D eigenvalue weighted by Gasteiger charge is 2.30. The third-order valence-electron chi connectivity index (χ3n) is 4.67. The summed E-state index contributed by atoms with van der Waals surface area (Å²) in [6, 6.07) is 3.36. The van der Waals surface area contributed by atoms with Gasteiger partial charge in [0.25, 0.3) is 5.91 Å². The van der Waals surface area contributed by atoms with Crippen molar-refractivity contribution in [2.45, 2.75) is 45.6 Å². The van der Waals surface area contributed by atoms with Gasteiger partial charge in [-0.15, -0.1) is 11.3 Å². The molecule has 0 bridgehead atoms. The molecule has 0 fully saturated rings. The van der Waals surface area contributed by atoms with Crippen LogP contribution in [0.25, 0.3) is 0 Å². The highest BCUT2D eigenvalue weighted by Crippen LogP contribution is 2.40. The van der Waals surface area contributed by atoms with Gasteiger partial charge in [0.2, 0.25) is 5.78 Å². The molecular formula is C19H23NO4S. The first-order chi connectivity index (χ1) is 12.0. The molecule has 0 saturated heterocycles. The maximum absolute atomic E-state index is 13.0. The van der Waals surface area contributed by atoms with Crippen molar-refractivity contribution >= 4 is 28.0 Å². The Morgan fingerprint density at radius 1 is 1.48 bits per heavy atom. The number of anilines is 1. The molecule has 1 aliphatic rings. The van der Waals surface area contributed by atoms with Crippen molar-refractivity contribution in [1.29, 1.82) is 0 Å². The van der Waals surface area contributed by atoms with Gasteiger partial charge in [-0.25, -0.2) is 0 Å². The Labute approximate surface area is 151 Å². The van der Waals surface area contributed by atoms with Crippen LogP contribution in [0.2, 0.25) is 0 Å². The normalized spacial score (nSPS) is 17.8. The van der Waals surface area contributed by atoms with Gasteiger partial charge in [0.1, 0.15) is 11.1 Å². The quantitative estimate of drug-likeness (QED) is 0.788. The number of nitrogens with one attached hydrogen (secondary N) is 1. The summed E-state index contributed by atoms with van der Waals surface area (Å²) in [5.74, 6) is 0.500. The number of amides is 1. The molecule has 2 unspecified atom stereocenters. The van der Waals surface area contributed by atoms with Crippen LogP contribution >= 0.6 is 11.3 Å². The summed E-state index contributed by atoms with van der Waals surface area (Å²) < 4.78 is 10.5. The van der Waals surface area contributed by atoms with Gasteiger partial charge in [-0.05, 0) is 49.3 Å². The topological polar surface area (TPSA) is 68.5 Å². The summed E-state index contributed by atoms with van der Waals surface area (Å²) >= 11 is 1.51. The van der Waals surface area contributed by atoms with Crippen LogP contribution in [0, 0.1) is 5.92 Å². The maximum Gasteiger partial charge on any atom is 0.254 e. The van der Waals surface area contributed by atoms with Crippen LogP contribution in [0.5, 0.6) is 0 Å². The largest absolute Gasteiger partial charge is 0.461 e. The number of hydrogen-bond donors (Lipinski definition) is 1. The van der Waals surface area contributed by atoms with E-state index in [4.69, 9.17) is 9.15 Å². The van der Waals surface area contributed by atoms with E-state index in [1.807, 2.05) is 6.92 Å². The Balaban J connectivity index is 1.99. The second kappa shape index (κ2) is 7.54. The average Bonchev–Trinajstić information content (AvgIpc) is 3.22. The van der Waals surface area contributed by atoms with E-state index in [1.54, 1.807) is 12.1 Å². The first-order valence-corrected chi connectivity index (χ1v) is 9.43. The fourth-order valence-corrected chi connectivity index (χ4v) is 4.67. The Bertz CT molecular complexity index is 759. The number of thiophene rings is 1. The number of fused-ring (bicyclic) bond motifs is 1. The van der Waals surface area contributed by atoms with Gasteiger partial charge in [0, 0.05) is 12.0 Å². The van der Waals surface area contributed by atoms with Crippen LogP contribution in [0.3, 0.4) is 0 Å². The van der Waals surface area contributed by atoms with Gasteiger partial charge in [-0.1, -0.05) is 13.8 Å². The number of carbonyl (C=O) groups is 2. The van der Waals surface area contributed by atoms with Crippen molar-refractivity contribution in [1.82, 2.24) is 0 Å². The SMILES string of the molecule is CCC(OC)C(=O)Nc1sc2c(c1C(=O)c1ccco1)CCC(C)C2. The number of methoxy groups -OCH3 is 1. The van der Waals surface area contributed by atoms with Gasteiger partial charge in [0.15, 0.2) is 5.76 Å². The highest BCUT2D eigenvalue weighted by atomic mass is 32.1. The molecule has 0 aliphatic heterocycles. The van der Waals surface area contributed by atoms with E-state index < -0.39 is 6.10 Å². The van der Waals surface area contributed by atoms with Crippen LogP contribution in [0.15, 0.2) is 22.8 Å². The fourth-order valence-electron chi connectivity index (χ4n) is 3.26. The molecule has 2 aromatic rings. The zero-order valence-electron chi connectivity index (χ0n) is 14.8. The molecule has 0 spiro atoms. The van der Waals surface area contributed by atoms with Gasteiger partial charge < -0.3 is 14.5 Å². The standard InChI is InChI=1S/C19H23NO4S/c1-4-13(23-3)18(22)20-19-16(17(21)14-6-5-9-24-14)12-8-7-11(2)10-15(12)25-19/h5-6,9,11,13H,4,7-8,10H2,1-3H3,(H,20,22). The number of furan rings is 1. The first-order valence-electron chi connectivity index (χ1n) is 8.61. The molecule has 134 valence electrons. The van der Waals surface area contributed by atoms with Gasteiger partial charge >= 0.3 is 0 Å². The zero-order chi connectivity index (χ0) is 18.0. The fraction of sp³-hybridized carbons (Fsp3) is 0.474. The summed E-state index contributed by atoms with van der Waals surface area (Å²) in [6.07, 6.45) is 4.38. The van der Waals surface area contributed by atoms with Gasteiger partial charge in [-0.3, -0.25) is 9.59 Å². The predicted molar refractivity (Wildman–Crippen MR) is 97.4 cm³/mol. The number of rotatable bonds is 6. The molecule has 1 amide bonds. The molecule has 0 aromatic carbocycles. The number of ketones is 1. The van der Waals surface area contributed by atoms with Crippen molar-refractivity contribution in [3.8, 4) is 0 Å². The predicted octanol–water partition coefficient (Wildman–Crippen LogP) is 4.06. The van der Waals surface area contributed by atoms with Crippen molar-refractivity contribution < 1.29 is 18.7 Å². The molecule has 0 saturated carbocycles. The molecule has 3 rings (SSSR count). The lowest BCUT2D eigenvalue weighted by atomic mass is 9.87. The Hall–Kier alpha value is -1.92. The minimum atomic E-state index is -0.524. The number of carbonyl (C=O) groups excluding carboxylic acids is 2. The molecule has 5 nitrogen and oxygen atoms in total. The van der Waals surface area contributed by atoms with Crippen LogP contribution < -0.4 is 5.32 Å². The van der Waals surface area contributed by atoms with Crippen molar-refractivity contribution in [3.05, 3.63) is 40.2 Å². The average molecular weight is 361 g/mol. The van der Waals surface area contributed by atoms with Gasteiger partial charge in [0.05, 0.1) is 11.8 Å². The Morgan fingerprint density at radius 3 is 2.92 bits per heavy atom.